The molecule has 88 valence electrons. The van der Waals surface area contributed by atoms with Crippen molar-refractivity contribution >= 4 is 44.7 Å². The van der Waals surface area contributed by atoms with Gasteiger partial charge in [0.05, 0.1) is 14.4 Å². The van der Waals surface area contributed by atoms with Gasteiger partial charge in [0.2, 0.25) is 5.78 Å². The van der Waals surface area contributed by atoms with E-state index in [0.29, 0.717) is 9.90 Å². The molecule has 0 atom stereocenters. The second kappa shape index (κ2) is 4.84. The van der Waals surface area contributed by atoms with Crippen LogP contribution in [-0.4, -0.2) is 5.78 Å². The van der Waals surface area contributed by atoms with Crippen molar-refractivity contribution in [3.63, 3.8) is 0 Å². The number of hydrogen-bond acceptors (Lipinski definition) is 2. The number of thiophene rings is 1. The topological polar surface area (TPSA) is 17.1 Å². The summed E-state index contributed by atoms with van der Waals surface area (Å²) in [5.41, 5.74) is 0.0493. The van der Waals surface area contributed by atoms with Gasteiger partial charge in [0, 0.05) is 5.56 Å². The molecule has 0 N–H and O–H groups in total. The zero-order chi connectivity index (χ0) is 12.6. The van der Waals surface area contributed by atoms with Crippen molar-refractivity contribution in [3.05, 3.63) is 55.1 Å². The SMILES string of the molecule is O=C(c1ccc(F)c(F)c1Br)c1sccc1Cl. The fraction of sp³-hybridized carbons (Fsp3) is 0. The Morgan fingerprint density at radius 2 is 2.00 bits per heavy atom. The fourth-order valence-corrected chi connectivity index (χ4v) is 2.88. The maximum Gasteiger partial charge on any atom is 0.205 e. The summed E-state index contributed by atoms with van der Waals surface area (Å²) in [6, 6.07) is 3.71. The molecule has 0 aliphatic carbocycles. The van der Waals surface area contributed by atoms with Crippen molar-refractivity contribution in [1.29, 1.82) is 0 Å². The van der Waals surface area contributed by atoms with Gasteiger partial charge in [-0.25, -0.2) is 8.78 Å². The van der Waals surface area contributed by atoms with Gasteiger partial charge in [-0.3, -0.25) is 4.79 Å². The van der Waals surface area contributed by atoms with E-state index in [1.165, 1.54) is 6.07 Å². The van der Waals surface area contributed by atoms with Gasteiger partial charge in [-0.2, -0.15) is 0 Å². The third-order valence-corrected chi connectivity index (χ3v) is 4.22. The molecule has 0 bridgehead atoms. The van der Waals surface area contributed by atoms with Crippen LogP contribution in [0.4, 0.5) is 8.78 Å². The third-order valence-electron chi connectivity index (χ3n) is 2.10. The van der Waals surface area contributed by atoms with Crippen molar-refractivity contribution < 1.29 is 13.6 Å². The molecule has 0 radical (unpaired) electrons. The third kappa shape index (κ3) is 2.27. The molecule has 0 aliphatic heterocycles. The van der Waals surface area contributed by atoms with Crippen LogP contribution in [0.5, 0.6) is 0 Å². The minimum atomic E-state index is -1.08. The standard InChI is InChI=1S/C11H4BrClF2OS/c12-8-5(1-2-7(14)9(8)15)10(16)11-6(13)3-4-17-11/h1-4H. The highest BCUT2D eigenvalue weighted by atomic mass is 79.9. The maximum absolute atomic E-state index is 13.3. The lowest BCUT2D eigenvalue weighted by atomic mass is 10.1. The molecule has 0 saturated carbocycles. The first-order chi connectivity index (χ1) is 8.02. The molecule has 1 aromatic heterocycles. The molecule has 6 heteroatoms. The molecule has 0 aliphatic rings. The monoisotopic (exact) mass is 336 g/mol. The normalized spacial score (nSPS) is 10.6. The second-order valence-corrected chi connectivity index (χ2v) is 5.27. The first-order valence-corrected chi connectivity index (χ1v) is 6.48. The van der Waals surface area contributed by atoms with Crippen LogP contribution >= 0.6 is 38.9 Å². The maximum atomic E-state index is 13.3. The van der Waals surface area contributed by atoms with Crippen LogP contribution in [0.15, 0.2) is 28.1 Å². The van der Waals surface area contributed by atoms with Crippen molar-refractivity contribution in [3.8, 4) is 0 Å². The van der Waals surface area contributed by atoms with E-state index >= 15 is 0 Å². The van der Waals surface area contributed by atoms with E-state index < -0.39 is 17.4 Å². The van der Waals surface area contributed by atoms with Gasteiger partial charge in [0.15, 0.2) is 11.6 Å². The minimum Gasteiger partial charge on any atom is -0.288 e. The van der Waals surface area contributed by atoms with E-state index in [-0.39, 0.29) is 10.0 Å². The zero-order valence-corrected chi connectivity index (χ0v) is 11.3. The Morgan fingerprint density at radius 1 is 1.29 bits per heavy atom. The van der Waals surface area contributed by atoms with Crippen molar-refractivity contribution in [1.82, 2.24) is 0 Å². The highest BCUT2D eigenvalue weighted by Crippen LogP contribution is 2.30. The van der Waals surface area contributed by atoms with E-state index in [0.717, 1.165) is 17.4 Å². The Bertz CT molecular complexity index is 597. The van der Waals surface area contributed by atoms with E-state index in [1.807, 2.05) is 0 Å². The summed E-state index contributed by atoms with van der Waals surface area (Å²) in [5.74, 6) is -2.52. The molecular formula is C11H4BrClF2OS. The number of hydrogen-bond donors (Lipinski definition) is 0. The molecule has 2 aromatic rings. The molecule has 0 spiro atoms. The van der Waals surface area contributed by atoms with Gasteiger partial charge in [0.25, 0.3) is 0 Å². The van der Waals surface area contributed by atoms with Crippen LogP contribution in [0.3, 0.4) is 0 Å². The highest BCUT2D eigenvalue weighted by Gasteiger charge is 2.20. The lowest BCUT2D eigenvalue weighted by Gasteiger charge is -2.04. The average molecular weight is 338 g/mol. The first-order valence-electron chi connectivity index (χ1n) is 4.43. The van der Waals surface area contributed by atoms with Crippen LogP contribution in [-0.2, 0) is 0 Å². The van der Waals surface area contributed by atoms with Crippen molar-refractivity contribution in [2.24, 2.45) is 0 Å². The minimum absolute atomic E-state index is 0.0493. The van der Waals surface area contributed by atoms with E-state index in [4.69, 9.17) is 11.6 Å². The average Bonchev–Trinajstić information content (AvgIpc) is 2.72. The van der Waals surface area contributed by atoms with Crippen LogP contribution in [0, 0.1) is 11.6 Å². The largest absolute Gasteiger partial charge is 0.288 e. The fourth-order valence-electron chi connectivity index (χ4n) is 1.28. The van der Waals surface area contributed by atoms with Gasteiger partial charge in [-0.05, 0) is 39.5 Å². The predicted molar refractivity (Wildman–Crippen MR) is 66.8 cm³/mol. The Morgan fingerprint density at radius 3 is 2.59 bits per heavy atom. The summed E-state index contributed by atoms with van der Waals surface area (Å²) >= 11 is 9.83. The molecule has 0 unspecified atom stereocenters. The van der Waals surface area contributed by atoms with Crippen LogP contribution in [0.2, 0.25) is 5.02 Å². The summed E-state index contributed by atoms with van der Waals surface area (Å²) in [6.45, 7) is 0. The predicted octanol–water partition coefficient (Wildman–Crippen LogP) is 4.67. The quantitative estimate of drug-likeness (QED) is 0.575. The Hall–Kier alpha value is -0.780. The molecule has 2 rings (SSSR count). The number of carbonyl (C=O) groups excluding carboxylic acids is 1. The molecule has 17 heavy (non-hydrogen) atoms. The van der Waals surface area contributed by atoms with Gasteiger partial charge >= 0.3 is 0 Å². The molecule has 0 fully saturated rings. The molecule has 1 heterocycles. The molecule has 0 amide bonds. The lowest BCUT2D eigenvalue weighted by molar-refractivity contribution is 0.104. The molecule has 1 aromatic carbocycles. The second-order valence-electron chi connectivity index (χ2n) is 3.15. The Labute approximate surface area is 113 Å². The van der Waals surface area contributed by atoms with Crippen LogP contribution in [0.25, 0.3) is 0 Å². The summed E-state index contributed by atoms with van der Waals surface area (Å²) in [6.07, 6.45) is 0. The number of rotatable bonds is 2. The lowest BCUT2D eigenvalue weighted by Crippen LogP contribution is -2.03. The zero-order valence-electron chi connectivity index (χ0n) is 8.14. The summed E-state index contributed by atoms with van der Waals surface area (Å²) in [4.78, 5) is 12.3. The summed E-state index contributed by atoms with van der Waals surface area (Å²) in [5, 5.41) is 1.96. The molecule has 0 saturated heterocycles. The molecular weight excluding hydrogens is 334 g/mol. The summed E-state index contributed by atoms with van der Waals surface area (Å²) < 4.78 is 26.0. The van der Waals surface area contributed by atoms with E-state index in [2.05, 4.69) is 15.9 Å². The van der Waals surface area contributed by atoms with Gasteiger partial charge in [0.1, 0.15) is 0 Å². The van der Waals surface area contributed by atoms with Crippen LogP contribution < -0.4 is 0 Å². The van der Waals surface area contributed by atoms with Crippen molar-refractivity contribution in [2.45, 2.75) is 0 Å². The van der Waals surface area contributed by atoms with E-state index in [9.17, 15) is 13.6 Å². The number of ketones is 1. The Kier molecular flexibility index (Phi) is 3.61. The smallest absolute Gasteiger partial charge is 0.205 e. The van der Waals surface area contributed by atoms with Crippen LogP contribution in [0.1, 0.15) is 15.2 Å². The number of benzene rings is 1. The van der Waals surface area contributed by atoms with Gasteiger partial charge < -0.3 is 0 Å². The summed E-state index contributed by atoms with van der Waals surface area (Å²) in [7, 11) is 0. The van der Waals surface area contributed by atoms with E-state index in [1.54, 1.807) is 11.4 Å². The number of halogens is 4. The number of carbonyl (C=O) groups is 1. The van der Waals surface area contributed by atoms with Crippen molar-refractivity contribution in [2.75, 3.05) is 0 Å². The van der Waals surface area contributed by atoms with Gasteiger partial charge in [-0.1, -0.05) is 11.6 Å². The molecule has 1 nitrogen and oxygen atoms in total. The highest BCUT2D eigenvalue weighted by molar-refractivity contribution is 9.10. The Balaban J connectivity index is 2.53. The van der Waals surface area contributed by atoms with Gasteiger partial charge in [-0.15, -0.1) is 11.3 Å². The first kappa shape index (κ1) is 12.7.